The number of nitrogens with zero attached hydrogens (tertiary/aromatic N) is 4. The fraction of sp³-hybridized carbons (Fsp3) is 0.0189. The van der Waals surface area contributed by atoms with E-state index in [0.29, 0.717) is 5.82 Å². The van der Waals surface area contributed by atoms with E-state index in [1.54, 1.807) is 0 Å². The van der Waals surface area contributed by atoms with Crippen LogP contribution >= 0.6 is 0 Å². The van der Waals surface area contributed by atoms with Crippen molar-refractivity contribution in [2.45, 2.75) is 5.41 Å². The molecule has 0 fully saturated rings. The van der Waals surface area contributed by atoms with Crippen LogP contribution in [-0.4, -0.2) is 19.1 Å². The number of fused-ring (bicyclic) bond motifs is 15. The smallest absolute Gasteiger partial charge is 0.162 e. The van der Waals surface area contributed by atoms with Gasteiger partial charge in [-0.2, -0.15) is 0 Å². The molecule has 0 aliphatic carbocycles. The first kappa shape index (κ1) is 31.4. The lowest BCUT2D eigenvalue weighted by Gasteiger charge is -2.45. The van der Waals surface area contributed by atoms with E-state index in [1.165, 1.54) is 38.6 Å². The lowest BCUT2D eigenvalue weighted by atomic mass is 9.61. The lowest BCUT2D eigenvalue weighted by Crippen LogP contribution is -2.37. The highest BCUT2D eigenvalue weighted by atomic mass is 16.5. The summed E-state index contributed by atoms with van der Waals surface area (Å²) in [5.74, 6) is 3.19. The summed E-state index contributed by atoms with van der Waals surface area (Å²) < 4.78 is 12.0. The molecule has 1 atom stereocenters. The first-order valence-corrected chi connectivity index (χ1v) is 19.8. The van der Waals surface area contributed by atoms with Crippen molar-refractivity contribution >= 4 is 43.6 Å². The van der Waals surface area contributed by atoms with Crippen molar-refractivity contribution in [2.24, 2.45) is 0 Å². The van der Waals surface area contributed by atoms with Gasteiger partial charge in [0.2, 0.25) is 0 Å². The summed E-state index contributed by atoms with van der Waals surface area (Å²) >= 11 is 0. The molecule has 5 heterocycles. The molecule has 13 rings (SSSR count). The molecular formula is C53H32N4O. The number of hydrogen-bond donors (Lipinski definition) is 0. The van der Waals surface area contributed by atoms with Gasteiger partial charge in [-0.25, -0.2) is 9.97 Å². The van der Waals surface area contributed by atoms with Gasteiger partial charge in [0.25, 0.3) is 0 Å². The Morgan fingerprint density at radius 2 is 1.07 bits per heavy atom. The van der Waals surface area contributed by atoms with Crippen LogP contribution in [0.3, 0.4) is 0 Å². The van der Waals surface area contributed by atoms with Gasteiger partial charge in [-0.05, 0) is 41.5 Å². The number of hydrogen-bond acceptors (Lipinski definition) is 3. The van der Waals surface area contributed by atoms with Gasteiger partial charge in [0.15, 0.2) is 5.82 Å². The van der Waals surface area contributed by atoms with Crippen LogP contribution in [0.1, 0.15) is 22.3 Å². The van der Waals surface area contributed by atoms with E-state index < -0.39 is 5.41 Å². The molecule has 5 heteroatoms. The average molecular weight is 741 g/mol. The summed E-state index contributed by atoms with van der Waals surface area (Å²) in [4.78, 5) is 10.4. The largest absolute Gasteiger partial charge is 0.456 e. The molecular weight excluding hydrogens is 709 g/mol. The minimum absolute atomic E-state index is 0.669. The Labute approximate surface area is 333 Å². The minimum Gasteiger partial charge on any atom is -0.456 e. The summed E-state index contributed by atoms with van der Waals surface area (Å²) in [6, 6.07) is 69.2. The molecule has 5 nitrogen and oxygen atoms in total. The van der Waals surface area contributed by atoms with Gasteiger partial charge in [0.1, 0.15) is 17.3 Å². The normalized spacial score (nSPS) is 15.1. The molecule has 0 saturated heterocycles. The van der Waals surface area contributed by atoms with Crippen molar-refractivity contribution in [3.8, 4) is 45.6 Å². The molecule has 1 unspecified atom stereocenters. The summed E-state index contributed by atoms with van der Waals surface area (Å²) in [6.45, 7) is 0. The Kier molecular flexibility index (Phi) is 6.31. The van der Waals surface area contributed by atoms with Gasteiger partial charge >= 0.3 is 0 Å². The predicted molar refractivity (Wildman–Crippen MR) is 234 cm³/mol. The van der Waals surface area contributed by atoms with Crippen molar-refractivity contribution in [1.29, 1.82) is 0 Å². The van der Waals surface area contributed by atoms with Crippen LogP contribution in [0.5, 0.6) is 11.5 Å². The molecule has 3 aromatic heterocycles. The maximum Gasteiger partial charge on any atom is 0.162 e. The van der Waals surface area contributed by atoms with Crippen LogP contribution in [0.4, 0.5) is 0 Å². The monoisotopic (exact) mass is 740 g/mol. The lowest BCUT2D eigenvalue weighted by molar-refractivity contribution is 0.439. The third-order valence-electron chi connectivity index (χ3n) is 12.4. The Morgan fingerprint density at radius 1 is 0.431 bits per heavy atom. The molecule has 0 saturated carbocycles. The van der Waals surface area contributed by atoms with Gasteiger partial charge in [0, 0.05) is 44.5 Å². The predicted octanol–water partition coefficient (Wildman–Crippen LogP) is 12.8. The third kappa shape index (κ3) is 4.04. The van der Waals surface area contributed by atoms with E-state index in [2.05, 4.69) is 179 Å². The van der Waals surface area contributed by atoms with E-state index in [9.17, 15) is 0 Å². The summed E-state index contributed by atoms with van der Waals surface area (Å²) in [5, 5.41) is 4.65. The van der Waals surface area contributed by atoms with Crippen molar-refractivity contribution < 1.29 is 4.74 Å². The van der Waals surface area contributed by atoms with E-state index in [-0.39, 0.29) is 0 Å². The van der Waals surface area contributed by atoms with Crippen molar-refractivity contribution in [3.05, 3.63) is 216 Å². The van der Waals surface area contributed by atoms with Gasteiger partial charge in [-0.3, -0.25) is 4.57 Å². The van der Waals surface area contributed by atoms with Gasteiger partial charge in [-0.15, -0.1) is 0 Å². The number of aromatic nitrogens is 4. The number of benzene rings is 8. The molecule has 8 aromatic carbocycles. The molecule has 2 aliphatic heterocycles. The second-order valence-corrected chi connectivity index (χ2v) is 15.3. The molecule has 0 radical (unpaired) electrons. The molecule has 1 spiro atoms. The first-order valence-electron chi connectivity index (χ1n) is 19.8. The molecule has 270 valence electrons. The Bertz CT molecular complexity index is 3430. The van der Waals surface area contributed by atoms with E-state index in [0.717, 1.165) is 67.1 Å². The molecule has 2 aliphatic rings. The number of rotatable bonds is 3. The maximum atomic E-state index is 7.27. The van der Waals surface area contributed by atoms with Gasteiger partial charge in [-0.1, -0.05) is 158 Å². The van der Waals surface area contributed by atoms with Crippen LogP contribution in [0.2, 0.25) is 0 Å². The highest BCUT2D eigenvalue weighted by Gasteiger charge is 2.50. The van der Waals surface area contributed by atoms with Crippen LogP contribution < -0.4 is 4.74 Å². The molecule has 58 heavy (non-hydrogen) atoms. The zero-order chi connectivity index (χ0) is 38.0. The fourth-order valence-corrected chi connectivity index (χ4v) is 10.1. The zero-order valence-corrected chi connectivity index (χ0v) is 31.2. The third-order valence-corrected chi connectivity index (χ3v) is 12.4. The standard InChI is InChI=1S/C53H32N4O/c1-3-16-33(17-4-1)42-32-48(55-52(54-42)34-18-5-2-6-19-34)56-44-27-12-8-21-37(44)49-46(56)31-30-41-51(49)58-47-29-14-10-24-39(47)53(41)38-23-9-13-28-45(38)57-43-26-11-7-20-35(43)36-22-15-25-40(53)50(36)57/h1-32H. The quantitative estimate of drug-likeness (QED) is 0.181. The fourth-order valence-electron chi connectivity index (χ4n) is 10.1. The molecule has 11 aromatic rings. The van der Waals surface area contributed by atoms with Gasteiger partial charge < -0.3 is 9.30 Å². The average Bonchev–Trinajstić information content (AvgIpc) is 3.82. The van der Waals surface area contributed by atoms with Crippen molar-refractivity contribution in [1.82, 2.24) is 19.1 Å². The minimum atomic E-state index is -0.669. The summed E-state index contributed by atoms with van der Waals surface area (Å²) in [5.41, 5.74) is 12.6. The van der Waals surface area contributed by atoms with Crippen molar-refractivity contribution in [2.75, 3.05) is 0 Å². The second-order valence-electron chi connectivity index (χ2n) is 15.3. The van der Waals surface area contributed by atoms with E-state index in [4.69, 9.17) is 14.7 Å². The molecule has 0 N–H and O–H groups in total. The van der Waals surface area contributed by atoms with Crippen LogP contribution in [0, 0.1) is 0 Å². The number of ether oxygens (including phenoxy) is 1. The molecule has 0 bridgehead atoms. The zero-order valence-electron chi connectivity index (χ0n) is 31.2. The van der Waals surface area contributed by atoms with E-state index in [1.807, 2.05) is 24.3 Å². The van der Waals surface area contributed by atoms with Crippen LogP contribution in [0.15, 0.2) is 194 Å². The Morgan fingerprint density at radius 3 is 1.90 bits per heavy atom. The van der Waals surface area contributed by atoms with E-state index >= 15 is 0 Å². The van der Waals surface area contributed by atoms with Crippen LogP contribution in [0.25, 0.3) is 77.8 Å². The van der Waals surface area contributed by atoms with Crippen LogP contribution in [-0.2, 0) is 5.41 Å². The first-order chi connectivity index (χ1) is 28.8. The molecule has 0 amide bonds. The SMILES string of the molecule is c1ccc(-c2cc(-n3c4ccccc4c4c5c(ccc43)C3(c4ccccc4O5)c4ccccc4-n4c5ccccc5c5cccc3c54)nc(-c3ccccc3)n2)cc1. The second kappa shape index (κ2) is 11.6. The Hall–Kier alpha value is -7.76. The number of para-hydroxylation sites is 5. The Balaban J connectivity index is 1.16. The highest BCUT2D eigenvalue weighted by molar-refractivity contribution is 6.15. The van der Waals surface area contributed by atoms with Gasteiger partial charge in [0.05, 0.1) is 44.2 Å². The topological polar surface area (TPSA) is 44.9 Å². The summed E-state index contributed by atoms with van der Waals surface area (Å²) in [6.07, 6.45) is 0. The summed E-state index contributed by atoms with van der Waals surface area (Å²) in [7, 11) is 0. The maximum absolute atomic E-state index is 7.27. The highest BCUT2D eigenvalue weighted by Crippen LogP contribution is 2.62. The van der Waals surface area contributed by atoms with Crippen molar-refractivity contribution in [3.63, 3.8) is 0 Å².